The topological polar surface area (TPSA) is 46.3 Å². The van der Waals surface area contributed by atoms with Gasteiger partial charge >= 0.3 is 0 Å². The number of unbranched alkanes of at least 4 members (excludes halogenated alkanes) is 2. The lowest BCUT2D eigenvalue weighted by atomic mass is 10.2. The Morgan fingerprint density at radius 3 is 2.31 bits per heavy atom. The molecule has 4 heteroatoms. The number of hydrogen-bond acceptors (Lipinski definition) is 2. The van der Waals surface area contributed by atoms with E-state index in [-0.39, 0.29) is 5.91 Å². The molecule has 0 aliphatic rings. The number of hydrogen-bond donors (Lipinski definition) is 1. The van der Waals surface area contributed by atoms with Crippen LogP contribution in [0.15, 0.2) is 0 Å². The first kappa shape index (κ1) is 15.4. The fourth-order valence-corrected chi connectivity index (χ4v) is 1.62. The molecule has 2 N–H and O–H groups in total. The van der Waals surface area contributed by atoms with Crippen molar-refractivity contribution in [1.82, 2.24) is 4.90 Å². The van der Waals surface area contributed by atoms with Crippen LogP contribution >= 0.6 is 12.2 Å². The van der Waals surface area contributed by atoms with Crippen LogP contribution in [0.5, 0.6) is 0 Å². The summed E-state index contributed by atoms with van der Waals surface area (Å²) in [5.74, 6) is 0.231. The van der Waals surface area contributed by atoms with E-state index in [0.717, 1.165) is 19.4 Å². The van der Waals surface area contributed by atoms with Gasteiger partial charge in [0.25, 0.3) is 0 Å². The van der Waals surface area contributed by atoms with Gasteiger partial charge in [0.15, 0.2) is 0 Å². The number of carbonyl (C=O) groups is 1. The van der Waals surface area contributed by atoms with Gasteiger partial charge in [0, 0.05) is 25.9 Å². The summed E-state index contributed by atoms with van der Waals surface area (Å²) in [5.41, 5.74) is 5.46. The van der Waals surface area contributed by atoms with E-state index in [1.165, 1.54) is 12.8 Å². The molecule has 0 spiro atoms. The van der Waals surface area contributed by atoms with Gasteiger partial charge in [0.1, 0.15) is 0 Å². The van der Waals surface area contributed by atoms with Crippen molar-refractivity contribution < 1.29 is 4.79 Å². The predicted octanol–water partition coefficient (Wildman–Crippen LogP) is 2.48. The molecule has 0 unspecified atom stereocenters. The number of nitrogens with two attached hydrogens (primary N) is 1. The quantitative estimate of drug-likeness (QED) is 0.500. The summed E-state index contributed by atoms with van der Waals surface area (Å²) in [7, 11) is 0. The molecular formula is C12H24N2OS. The third-order valence-electron chi connectivity index (χ3n) is 2.48. The van der Waals surface area contributed by atoms with E-state index in [1.54, 1.807) is 0 Å². The molecule has 0 saturated heterocycles. The van der Waals surface area contributed by atoms with Crippen LogP contribution in [0.3, 0.4) is 0 Å². The number of thiocarbonyl (C=S) groups is 1. The van der Waals surface area contributed by atoms with Crippen LogP contribution in [0.2, 0.25) is 0 Å². The third kappa shape index (κ3) is 7.63. The van der Waals surface area contributed by atoms with Crippen molar-refractivity contribution in [2.45, 2.75) is 52.4 Å². The molecule has 0 aliphatic carbocycles. The van der Waals surface area contributed by atoms with E-state index in [2.05, 4.69) is 6.92 Å². The average molecular weight is 244 g/mol. The molecule has 3 nitrogen and oxygen atoms in total. The van der Waals surface area contributed by atoms with Crippen LogP contribution in [0.1, 0.15) is 52.4 Å². The Bertz CT molecular complexity index is 219. The molecule has 0 heterocycles. The monoisotopic (exact) mass is 244 g/mol. The molecule has 0 aliphatic heterocycles. The largest absolute Gasteiger partial charge is 0.393 e. The van der Waals surface area contributed by atoms with Crippen molar-refractivity contribution >= 4 is 23.1 Å². The van der Waals surface area contributed by atoms with E-state index in [4.69, 9.17) is 18.0 Å². The zero-order valence-corrected chi connectivity index (χ0v) is 11.3. The Morgan fingerprint density at radius 1 is 1.12 bits per heavy atom. The van der Waals surface area contributed by atoms with E-state index in [9.17, 15) is 4.79 Å². The molecule has 0 aromatic heterocycles. The molecule has 16 heavy (non-hydrogen) atoms. The highest BCUT2D eigenvalue weighted by atomic mass is 32.1. The Labute approximate surface area is 104 Å². The molecule has 0 aromatic rings. The maximum Gasteiger partial charge on any atom is 0.222 e. The fraction of sp³-hybridized carbons (Fsp3) is 0.833. The summed E-state index contributed by atoms with van der Waals surface area (Å²) >= 11 is 4.84. The molecule has 0 radical (unpaired) electrons. The minimum atomic E-state index is 0.231. The lowest BCUT2D eigenvalue weighted by Gasteiger charge is -2.22. The molecule has 0 saturated carbocycles. The SMILES string of the molecule is CCCCCN(CCC(N)=S)C(=O)CCC. The number of nitrogens with zero attached hydrogens (tertiary/aromatic N) is 1. The number of rotatable bonds is 9. The van der Waals surface area contributed by atoms with E-state index >= 15 is 0 Å². The molecule has 1 amide bonds. The lowest BCUT2D eigenvalue weighted by Crippen LogP contribution is -2.34. The molecule has 0 aromatic carbocycles. The van der Waals surface area contributed by atoms with Crippen LogP contribution < -0.4 is 5.73 Å². The van der Waals surface area contributed by atoms with Gasteiger partial charge < -0.3 is 10.6 Å². The molecule has 0 rings (SSSR count). The summed E-state index contributed by atoms with van der Waals surface area (Å²) in [4.78, 5) is 14.2. The van der Waals surface area contributed by atoms with Gasteiger partial charge in [-0.05, 0) is 12.8 Å². The highest BCUT2D eigenvalue weighted by molar-refractivity contribution is 7.80. The van der Waals surface area contributed by atoms with E-state index < -0.39 is 0 Å². The van der Waals surface area contributed by atoms with Crippen LogP contribution in [0.25, 0.3) is 0 Å². The van der Waals surface area contributed by atoms with Crippen molar-refractivity contribution in [1.29, 1.82) is 0 Å². The fourth-order valence-electron chi connectivity index (χ4n) is 1.53. The van der Waals surface area contributed by atoms with Gasteiger partial charge in [0.2, 0.25) is 5.91 Å². The van der Waals surface area contributed by atoms with Gasteiger partial charge in [-0.25, -0.2) is 0 Å². The highest BCUT2D eigenvalue weighted by Crippen LogP contribution is 2.04. The van der Waals surface area contributed by atoms with Crippen LogP contribution in [0.4, 0.5) is 0 Å². The minimum Gasteiger partial charge on any atom is -0.393 e. The van der Waals surface area contributed by atoms with Crippen molar-refractivity contribution in [2.75, 3.05) is 13.1 Å². The average Bonchev–Trinajstić information content (AvgIpc) is 2.23. The zero-order valence-electron chi connectivity index (χ0n) is 10.5. The lowest BCUT2D eigenvalue weighted by molar-refractivity contribution is -0.131. The maximum atomic E-state index is 11.8. The van der Waals surface area contributed by atoms with Gasteiger partial charge in [-0.1, -0.05) is 38.9 Å². The zero-order chi connectivity index (χ0) is 12.4. The van der Waals surface area contributed by atoms with E-state index in [0.29, 0.717) is 24.4 Å². The Balaban J connectivity index is 4.04. The summed E-state index contributed by atoms with van der Waals surface area (Å²) in [6, 6.07) is 0. The van der Waals surface area contributed by atoms with Crippen molar-refractivity contribution in [3.63, 3.8) is 0 Å². The molecule has 0 fully saturated rings. The molecule has 94 valence electrons. The first-order valence-corrected chi connectivity index (χ1v) is 6.58. The van der Waals surface area contributed by atoms with Gasteiger partial charge in [0.05, 0.1) is 4.99 Å². The Hall–Kier alpha value is -0.640. The van der Waals surface area contributed by atoms with Gasteiger partial charge in [-0.3, -0.25) is 4.79 Å². The number of amides is 1. The highest BCUT2D eigenvalue weighted by Gasteiger charge is 2.11. The van der Waals surface area contributed by atoms with Crippen molar-refractivity contribution in [3.8, 4) is 0 Å². The van der Waals surface area contributed by atoms with Crippen molar-refractivity contribution in [3.05, 3.63) is 0 Å². The second-order valence-electron chi connectivity index (χ2n) is 4.05. The normalized spacial score (nSPS) is 10.1. The first-order valence-electron chi connectivity index (χ1n) is 6.17. The first-order chi connectivity index (χ1) is 7.61. The van der Waals surface area contributed by atoms with Crippen LogP contribution in [-0.2, 0) is 4.79 Å². The molecule has 0 bridgehead atoms. The summed E-state index contributed by atoms with van der Waals surface area (Å²) in [5, 5.41) is 0. The summed E-state index contributed by atoms with van der Waals surface area (Å²) < 4.78 is 0. The number of carbonyl (C=O) groups excluding carboxylic acids is 1. The maximum absolute atomic E-state index is 11.8. The molecule has 0 atom stereocenters. The predicted molar refractivity (Wildman–Crippen MR) is 72.4 cm³/mol. The second-order valence-corrected chi connectivity index (χ2v) is 4.58. The van der Waals surface area contributed by atoms with Gasteiger partial charge in [-0.15, -0.1) is 0 Å². The Morgan fingerprint density at radius 2 is 1.81 bits per heavy atom. The third-order valence-corrected chi connectivity index (χ3v) is 2.68. The summed E-state index contributed by atoms with van der Waals surface area (Å²) in [6.45, 7) is 5.70. The second kappa shape index (κ2) is 9.58. The van der Waals surface area contributed by atoms with Gasteiger partial charge in [-0.2, -0.15) is 0 Å². The van der Waals surface area contributed by atoms with E-state index in [1.807, 2.05) is 11.8 Å². The smallest absolute Gasteiger partial charge is 0.222 e. The van der Waals surface area contributed by atoms with Crippen LogP contribution in [-0.4, -0.2) is 28.9 Å². The summed E-state index contributed by atoms with van der Waals surface area (Å²) in [6.07, 6.45) is 5.58. The van der Waals surface area contributed by atoms with Crippen LogP contribution in [0, 0.1) is 0 Å². The molecular weight excluding hydrogens is 220 g/mol. The Kier molecular flexibility index (Phi) is 9.19. The van der Waals surface area contributed by atoms with Crippen molar-refractivity contribution in [2.24, 2.45) is 5.73 Å². The standard InChI is InChI=1S/C12H24N2OS/c1-3-5-6-9-14(10-8-11(13)16)12(15)7-4-2/h3-10H2,1-2H3,(H2,13,16). The minimum absolute atomic E-state index is 0.231.